The van der Waals surface area contributed by atoms with Gasteiger partial charge in [0.15, 0.2) is 0 Å². The quantitative estimate of drug-likeness (QED) is 0.665. The Morgan fingerprint density at radius 1 is 0.864 bits per heavy atom. The molecular formula is C20H50N2. The van der Waals surface area contributed by atoms with Crippen LogP contribution in [0.15, 0.2) is 0 Å². The molecule has 140 valence electrons. The van der Waals surface area contributed by atoms with Gasteiger partial charge in [0, 0.05) is 6.04 Å². The van der Waals surface area contributed by atoms with Crippen molar-refractivity contribution in [2.75, 3.05) is 26.2 Å². The summed E-state index contributed by atoms with van der Waals surface area (Å²) in [5.74, 6) is 1.83. The maximum absolute atomic E-state index is 3.35. The molecule has 1 unspecified atom stereocenters. The summed E-state index contributed by atoms with van der Waals surface area (Å²) < 4.78 is 0. The first-order valence-electron chi connectivity index (χ1n) is 9.06. The van der Waals surface area contributed by atoms with E-state index in [1.807, 2.05) is 27.7 Å². The minimum Gasteiger partial charge on any atom is -0.316 e. The Labute approximate surface area is 144 Å². The number of hydrogen-bond donors (Lipinski definition) is 1. The van der Waals surface area contributed by atoms with Gasteiger partial charge in [-0.1, -0.05) is 56.4 Å². The minimum absolute atomic E-state index is 0. The minimum atomic E-state index is 0. The molecule has 2 aliphatic heterocycles. The van der Waals surface area contributed by atoms with Crippen LogP contribution in [0, 0.1) is 11.8 Å². The van der Waals surface area contributed by atoms with E-state index < -0.39 is 0 Å². The maximum atomic E-state index is 3.35. The lowest BCUT2D eigenvalue weighted by Gasteiger charge is -2.18. The zero-order valence-corrected chi connectivity index (χ0v) is 15.6. The van der Waals surface area contributed by atoms with Crippen LogP contribution in [0.5, 0.6) is 0 Å². The van der Waals surface area contributed by atoms with Gasteiger partial charge in [-0.05, 0) is 71.1 Å². The fourth-order valence-electron chi connectivity index (χ4n) is 2.50. The second-order valence-corrected chi connectivity index (χ2v) is 5.83. The third-order valence-electron chi connectivity index (χ3n) is 3.91. The van der Waals surface area contributed by atoms with E-state index in [0.717, 1.165) is 17.9 Å². The van der Waals surface area contributed by atoms with E-state index in [0.29, 0.717) is 0 Å². The molecule has 0 aromatic heterocycles. The fourth-order valence-corrected chi connectivity index (χ4v) is 2.50. The van der Waals surface area contributed by atoms with Crippen LogP contribution in [0.3, 0.4) is 0 Å². The normalized spacial score (nSPS) is 19.6. The van der Waals surface area contributed by atoms with Gasteiger partial charge in [-0.3, -0.25) is 0 Å². The molecule has 2 rings (SSSR count). The van der Waals surface area contributed by atoms with Crippen molar-refractivity contribution in [3.63, 3.8) is 0 Å². The first kappa shape index (κ1) is 29.9. The summed E-state index contributed by atoms with van der Waals surface area (Å²) in [6, 6.07) is 0.775. The Morgan fingerprint density at radius 3 is 1.50 bits per heavy atom. The van der Waals surface area contributed by atoms with Gasteiger partial charge in [-0.2, -0.15) is 0 Å². The number of rotatable bonds is 2. The second-order valence-electron chi connectivity index (χ2n) is 5.83. The molecule has 0 aromatic rings. The lowest BCUT2D eigenvalue weighted by molar-refractivity contribution is 0.276. The van der Waals surface area contributed by atoms with Crippen LogP contribution >= 0.6 is 0 Å². The predicted molar refractivity (Wildman–Crippen MR) is 108 cm³/mol. The van der Waals surface area contributed by atoms with Gasteiger partial charge in [0.1, 0.15) is 0 Å². The van der Waals surface area contributed by atoms with Crippen molar-refractivity contribution in [3.8, 4) is 0 Å². The van der Waals surface area contributed by atoms with Crippen LogP contribution in [0.2, 0.25) is 0 Å². The number of likely N-dealkylation sites (tertiary alicyclic amines) is 1. The van der Waals surface area contributed by atoms with E-state index >= 15 is 0 Å². The summed E-state index contributed by atoms with van der Waals surface area (Å²) in [7, 11) is 0. The lowest BCUT2D eigenvalue weighted by atomic mass is 9.96. The zero-order valence-electron chi connectivity index (χ0n) is 15.6. The Kier molecular flexibility index (Phi) is 28.4. The second kappa shape index (κ2) is 20.9. The molecule has 22 heavy (non-hydrogen) atoms. The van der Waals surface area contributed by atoms with Crippen molar-refractivity contribution in [2.24, 2.45) is 11.8 Å². The van der Waals surface area contributed by atoms with Crippen LogP contribution in [0.1, 0.15) is 89.5 Å². The molecule has 2 saturated heterocycles. The molecule has 2 nitrogen and oxygen atoms in total. The largest absolute Gasteiger partial charge is 0.316 e. The van der Waals surface area contributed by atoms with Gasteiger partial charge in [-0.15, -0.1) is 0 Å². The summed E-state index contributed by atoms with van der Waals surface area (Å²) in [5, 5.41) is 3.35. The highest BCUT2D eigenvalue weighted by atomic mass is 15.2. The summed E-state index contributed by atoms with van der Waals surface area (Å²) >= 11 is 0. The van der Waals surface area contributed by atoms with Crippen LogP contribution in [-0.2, 0) is 0 Å². The smallest absolute Gasteiger partial charge is 0.00385 e. The summed E-state index contributed by atoms with van der Waals surface area (Å²) in [6.07, 6.45) is 4.22. The third-order valence-corrected chi connectivity index (χ3v) is 3.91. The molecule has 0 aromatic carbocycles. The molecule has 2 heteroatoms. The van der Waals surface area contributed by atoms with Gasteiger partial charge >= 0.3 is 0 Å². The molecule has 1 atom stereocenters. The number of nitrogens with one attached hydrogen (secondary N) is 1. The van der Waals surface area contributed by atoms with E-state index in [-0.39, 0.29) is 14.9 Å². The number of nitrogens with zero attached hydrogens (tertiary/aromatic N) is 1. The fraction of sp³-hybridized carbons (Fsp3) is 1.00. The standard InChI is InChI=1S/2C7H15N.2C2H6.2CH4/c1-6(2)7-3-4-8-5-7;1-7(2)8-5-3-4-6-8;2*1-2;;/h6-8H,3-5H2,1-2H3;7H,3-6H2,1-2H3;2*1-2H3;2*1H4. The maximum Gasteiger partial charge on any atom is 0.00385 e. The molecule has 2 fully saturated rings. The SMILES string of the molecule is C.C.CC.CC.CC(C)C1CCNC1.CC(C)N1CCCC1. The number of hydrogen-bond acceptors (Lipinski definition) is 2. The molecule has 2 heterocycles. The average Bonchev–Trinajstić information content (AvgIpc) is 3.17. The van der Waals surface area contributed by atoms with Gasteiger partial charge in [-0.25, -0.2) is 0 Å². The molecule has 1 N–H and O–H groups in total. The van der Waals surface area contributed by atoms with Crippen LogP contribution < -0.4 is 5.32 Å². The molecule has 0 amide bonds. The molecular weight excluding hydrogens is 268 g/mol. The van der Waals surface area contributed by atoms with E-state index in [9.17, 15) is 0 Å². The summed E-state index contributed by atoms with van der Waals surface area (Å²) in [4.78, 5) is 2.53. The van der Waals surface area contributed by atoms with Gasteiger partial charge in [0.05, 0.1) is 0 Å². The Bertz CT molecular complexity index is 147. The van der Waals surface area contributed by atoms with Crippen molar-refractivity contribution in [3.05, 3.63) is 0 Å². The van der Waals surface area contributed by atoms with Crippen LogP contribution in [0.25, 0.3) is 0 Å². The molecule has 2 aliphatic rings. The first-order valence-corrected chi connectivity index (χ1v) is 9.06. The summed E-state index contributed by atoms with van der Waals surface area (Å²) in [5.41, 5.74) is 0. The van der Waals surface area contributed by atoms with Gasteiger partial charge in [0.2, 0.25) is 0 Å². The Balaban J connectivity index is -0.000000112. The van der Waals surface area contributed by atoms with E-state index in [4.69, 9.17) is 0 Å². The molecule has 0 aliphatic carbocycles. The Hall–Kier alpha value is -0.0800. The molecule has 0 saturated carbocycles. The van der Waals surface area contributed by atoms with Crippen molar-refractivity contribution < 1.29 is 0 Å². The van der Waals surface area contributed by atoms with Gasteiger partial charge < -0.3 is 10.2 Å². The lowest BCUT2D eigenvalue weighted by Crippen LogP contribution is -2.26. The van der Waals surface area contributed by atoms with Crippen molar-refractivity contribution >= 4 is 0 Å². The predicted octanol–water partition coefficient (Wildman–Crippen LogP) is 6.07. The highest BCUT2D eigenvalue weighted by Crippen LogP contribution is 2.16. The van der Waals surface area contributed by atoms with Crippen molar-refractivity contribution in [2.45, 2.75) is 95.5 Å². The van der Waals surface area contributed by atoms with E-state index in [2.05, 4.69) is 37.9 Å². The van der Waals surface area contributed by atoms with Crippen molar-refractivity contribution in [1.29, 1.82) is 0 Å². The Morgan fingerprint density at radius 2 is 1.32 bits per heavy atom. The van der Waals surface area contributed by atoms with E-state index in [1.54, 1.807) is 0 Å². The topological polar surface area (TPSA) is 15.3 Å². The molecule has 0 spiro atoms. The van der Waals surface area contributed by atoms with E-state index in [1.165, 1.54) is 45.4 Å². The third kappa shape index (κ3) is 14.8. The molecule has 0 bridgehead atoms. The molecule has 0 radical (unpaired) electrons. The monoisotopic (exact) mass is 318 g/mol. The summed E-state index contributed by atoms with van der Waals surface area (Å²) in [6.45, 7) is 22.3. The average molecular weight is 319 g/mol. The van der Waals surface area contributed by atoms with Gasteiger partial charge in [0.25, 0.3) is 0 Å². The highest BCUT2D eigenvalue weighted by molar-refractivity contribution is 4.73. The van der Waals surface area contributed by atoms with Crippen molar-refractivity contribution in [1.82, 2.24) is 10.2 Å². The van der Waals surface area contributed by atoms with Crippen LogP contribution in [-0.4, -0.2) is 37.1 Å². The van der Waals surface area contributed by atoms with Crippen LogP contribution in [0.4, 0.5) is 0 Å². The zero-order chi connectivity index (χ0) is 16.0. The first-order chi connectivity index (χ1) is 9.61. The highest BCUT2D eigenvalue weighted by Gasteiger charge is 2.16.